The Kier molecular flexibility index (Phi) is 6.17. The number of hydrogen-bond acceptors (Lipinski definition) is 5. The minimum absolute atomic E-state index is 0.608. The number of rotatable bonds is 6. The molecule has 68 valence electrons. The van der Waals surface area contributed by atoms with Crippen molar-refractivity contribution in [3.63, 3.8) is 0 Å². The van der Waals surface area contributed by atoms with E-state index in [-0.39, 0.29) is 0 Å². The third-order valence-electron chi connectivity index (χ3n) is 1.02. The van der Waals surface area contributed by atoms with E-state index in [1.807, 2.05) is 12.1 Å². The van der Waals surface area contributed by atoms with Gasteiger partial charge in [0.15, 0.2) is 0 Å². The van der Waals surface area contributed by atoms with Crippen LogP contribution in [0, 0.1) is 22.7 Å². The summed E-state index contributed by atoms with van der Waals surface area (Å²) in [6.07, 6.45) is 2.92. The molecule has 0 spiro atoms. The summed E-state index contributed by atoms with van der Waals surface area (Å²) >= 11 is 1.90. The predicted molar refractivity (Wildman–Crippen MR) is 55.5 cm³/mol. The zero-order valence-electron chi connectivity index (χ0n) is 6.90. The molecular weight excluding hydrogens is 204 g/mol. The first-order valence-electron chi connectivity index (χ1n) is 3.29. The second-order valence-corrected chi connectivity index (χ2v) is 3.81. The Bertz CT molecular complexity index is 250. The normalized spacial score (nSPS) is 9.69. The number of nitriles is 2. The summed E-state index contributed by atoms with van der Waals surface area (Å²) < 4.78 is 3.65. The maximum atomic E-state index is 8.66. The molecule has 0 amide bonds. The van der Waals surface area contributed by atoms with Gasteiger partial charge in [0.05, 0.1) is 0 Å². The van der Waals surface area contributed by atoms with Gasteiger partial charge in [0.25, 0.3) is 0 Å². The highest BCUT2D eigenvalue weighted by atomic mass is 32.2. The van der Waals surface area contributed by atoms with Crippen LogP contribution in [-0.2, 0) is 3.63 Å². The molecule has 0 heterocycles. The van der Waals surface area contributed by atoms with E-state index in [0.717, 1.165) is 24.1 Å². The highest BCUT2D eigenvalue weighted by Gasteiger charge is 2.28. The lowest BCUT2D eigenvalue weighted by Crippen LogP contribution is -2.15. The standard InChI is InChI=1S/C8H8N2OS2/c1-3-5-12-11-13-8(4-2,6-9)7-10/h3-4H,1-2,5H2. The van der Waals surface area contributed by atoms with Crippen molar-refractivity contribution >= 4 is 24.1 Å². The zero-order valence-corrected chi connectivity index (χ0v) is 8.53. The number of nitrogens with zero attached hydrogens (tertiary/aromatic N) is 2. The highest BCUT2D eigenvalue weighted by molar-refractivity contribution is 8.08. The molecule has 13 heavy (non-hydrogen) atoms. The molecule has 0 aliphatic carbocycles. The summed E-state index contributed by atoms with van der Waals surface area (Å²) in [5, 5.41) is 17.3. The molecule has 0 aromatic heterocycles. The van der Waals surface area contributed by atoms with E-state index in [9.17, 15) is 0 Å². The third-order valence-corrected chi connectivity index (χ3v) is 2.66. The quantitative estimate of drug-likeness (QED) is 0.384. The first-order chi connectivity index (χ1) is 6.24. The molecule has 0 saturated carbocycles. The van der Waals surface area contributed by atoms with Crippen LogP contribution < -0.4 is 0 Å². The fraction of sp³-hybridized carbons (Fsp3) is 0.250. The largest absolute Gasteiger partial charge is 0.244 e. The van der Waals surface area contributed by atoms with Gasteiger partial charge in [-0.2, -0.15) is 10.5 Å². The minimum Gasteiger partial charge on any atom is -0.244 e. The lowest BCUT2D eigenvalue weighted by molar-refractivity contribution is 0.749. The van der Waals surface area contributed by atoms with Crippen LogP contribution in [-0.4, -0.2) is 10.5 Å². The van der Waals surface area contributed by atoms with Gasteiger partial charge in [-0.3, -0.25) is 0 Å². The topological polar surface area (TPSA) is 56.8 Å². The molecule has 0 aliphatic rings. The lowest BCUT2D eigenvalue weighted by Gasteiger charge is -2.09. The third kappa shape index (κ3) is 4.05. The van der Waals surface area contributed by atoms with Crippen molar-refractivity contribution in [2.45, 2.75) is 4.75 Å². The molecule has 0 aromatic carbocycles. The van der Waals surface area contributed by atoms with Crippen molar-refractivity contribution in [1.29, 1.82) is 10.5 Å². The molecule has 0 aliphatic heterocycles. The smallest absolute Gasteiger partial charge is 0.232 e. The van der Waals surface area contributed by atoms with Crippen LogP contribution in [0.4, 0.5) is 0 Å². The SMILES string of the molecule is C=CCSOSC(C#N)(C#N)C=C. The molecular formula is C8H8N2OS2. The van der Waals surface area contributed by atoms with Gasteiger partial charge in [-0.15, -0.1) is 6.58 Å². The zero-order chi connectivity index (χ0) is 10.2. The van der Waals surface area contributed by atoms with Gasteiger partial charge in [-0.1, -0.05) is 12.7 Å². The average molecular weight is 212 g/mol. The van der Waals surface area contributed by atoms with E-state index >= 15 is 0 Å². The van der Waals surface area contributed by atoms with Gasteiger partial charge >= 0.3 is 0 Å². The van der Waals surface area contributed by atoms with Crippen LogP contribution in [0.5, 0.6) is 0 Å². The summed E-state index contributed by atoms with van der Waals surface area (Å²) in [5.41, 5.74) is 0. The monoisotopic (exact) mass is 212 g/mol. The van der Waals surface area contributed by atoms with E-state index in [2.05, 4.69) is 13.2 Å². The van der Waals surface area contributed by atoms with Gasteiger partial charge in [0, 0.05) is 29.8 Å². The van der Waals surface area contributed by atoms with Crippen molar-refractivity contribution in [2.24, 2.45) is 0 Å². The molecule has 0 atom stereocenters. The molecule has 0 aromatic rings. The van der Waals surface area contributed by atoms with Crippen molar-refractivity contribution in [3.8, 4) is 12.1 Å². The predicted octanol–water partition coefficient (Wildman–Crippen LogP) is 2.46. The van der Waals surface area contributed by atoms with Crippen LogP contribution >= 0.6 is 24.1 Å². The van der Waals surface area contributed by atoms with Gasteiger partial charge in [0.1, 0.15) is 12.1 Å². The lowest BCUT2D eigenvalue weighted by atomic mass is 10.2. The Morgan fingerprint density at radius 2 is 2.00 bits per heavy atom. The number of hydrogen-bond donors (Lipinski definition) is 0. The molecule has 0 rings (SSSR count). The van der Waals surface area contributed by atoms with Gasteiger partial charge in [0.2, 0.25) is 4.75 Å². The Morgan fingerprint density at radius 1 is 1.38 bits per heavy atom. The maximum absolute atomic E-state index is 8.66. The average Bonchev–Trinajstić information content (AvgIpc) is 2.20. The highest BCUT2D eigenvalue weighted by Crippen LogP contribution is 2.30. The first-order valence-corrected chi connectivity index (χ1v) is 4.94. The molecule has 0 N–H and O–H groups in total. The second kappa shape index (κ2) is 6.62. The van der Waals surface area contributed by atoms with Crippen LogP contribution in [0.1, 0.15) is 0 Å². The molecule has 0 unspecified atom stereocenters. The van der Waals surface area contributed by atoms with Crippen LogP contribution in [0.25, 0.3) is 0 Å². The molecule has 5 heteroatoms. The second-order valence-electron chi connectivity index (χ2n) is 1.89. The Hall–Kier alpha value is -0.880. The van der Waals surface area contributed by atoms with Crippen molar-refractivity contribution in [2.75, 3.05) is 5.75 Å². The Labute approximate surface area is 86.5 Å². The van der Waals surface area contributed by atoms with Gasteiger partial charge < -0.3 is 0 Å². The fourth-order valence-corrected chi connectivity index (χ4v) is 1.42. The summed E-state index contributed by atoms with van der Waals surface area (Å²) in [6.45, 7) is 6.89. The van der Waals surface area contributed by atoms with Crippen molar-refractivity contribution in [1.82, 2.24) is 0 Å². The van der Waals surface area contributed by atoms with E-state index in [1.54, 1.807) is 6.08 Å². The Balaban J connectivity index is 4.00. The molecule has 0 saturated heterocycles. The molecule has 0 radical (unpaired) electrons. The fourth-order valence-electron chi connectivity index (χ4n) is 0.341. The molecule has 0 bridgehead atoms. The maximum Gasteiger partial charge on any atom is 0.232 e. The summed E-state index contributed by atoms with van der Waals surface area (Å²) in [6, 6.07) is 3.62. The molecule has 0 fully saturated rings. The Morgan fingerprint density at radius 3 is 2.38 bits per heavy atom. The minimum atomic E-state index is -1.31. The summed E-state index contributed by atoms with van der Waals surface area (Å²) in [4.78, 5) is 0. The first kappa shape index (κ1) is 12.1. The van der Waals surface area contributed by atoms with Gasteiger partial charge in [-0.25, -0.2) is 3.63 Å². The van der Waals surface area contributed by atoms with Crippen LogP contribution in [0.2, 0.25) is 0 Å². The van der Waals surface area contributed by atoms with Crippen LogP contribution in [0.15, 0.2) is 25.3 Å². The van der Waals surface area contributed by atoms with E-state index < -0.39 is 4.75 Å². The van der Waals surface area contributed by atoms with Crippen molar-refractivity contribution < 1.29 is 3.63 Å². The van der Waals surface area contributed by atoms with Gasteiger partial charge in [-0.05, 0) is 6.08 Å². The van der Waals surface area contributed by atoms with Crippen molar-refractivity contribution in [3.05, 3.63) is 25.3 Å². The summed E-state index contributed by atoms with van der Waals surface area (Å²) in [7, 11) is 0. The van der Waals surface area contributed by atoms with E-state index in [0.29, 0.717) is 5.75 Å². The van der Waals surface area contributed by atoms with E-state index in [4.69, 9.17) is 14.2 Å². The molecule has 3 nitrogen and oxygen atoms in total. The summed E-state index contributed by atoms with van der Waals surface area (Å²) in [5.74, 6) is 0.608. The van der Waals surface area contributed by atoms with Crippen LogP contribution in [0.3, 0.4) is 0 Å². The van der Waals surface area contributed by atoms with E-state index in [1.165, 1.54) is 6.08 Å².